The van der Waals surface area contributed by atoms with Gasteiger partial charge in [0.05, 0.1) is 0 Å². The van der Waals surface area contributed by atoms with Gasteiger partial charge >= 0.3 is 0 Å². The van der Waals surface area contributed by atoms with Crippen LogP contribution in [0.25, 0.3) is 0 Å². The number of H-pyrrole nitrogens is 1. The molecule has 0 amide bonds. The Morgan fingerprint density at radius 3 is 2.30 bits per heavy atom. The third-order valence-electron chi connectivity index (χ3n) is 3.71. The summed E-state index contributed by atoms with van der Waals surface area (Å²) in [6.45, 7) is 6.10. The first-order valence-electron chi connectivity index (χ1n) is 7.37. The zero-order valence-corrected chi connectivity index (χ0v) is 12.6. The van der Waals surface area contributed by atoms with Crippen LogP contribution >= 0.6 is 0 Å². The summed E-state index contributed by atoms with van der Waals surface area (Å²) in [4.78, 5) is 15.3. The van der Waals surface area contributed by atoms with Crippen LogP contribution in [0.4, 0.5) is 0 Å². The van der Waals surface area contributed by atoms with E-state index < -0.39 is 0 Å². The van der Waals surface area contributed by atoms with E-state index in [-0.39, 0.29) is 5.43 Å². The molecule has 0 aliphatic heterocycles. The highest BCUT2D eigenvalue weighted by atomic mass is 16.1. The number of aromatic nitrogens is 1. The molecule has 0 saturated heterocycles. The molecule has 106 valence electrons. The number of rotatable bonds is 5. The second kappa shape index (κ2) is 6.56. The highest BCUT2D eigenvalue weighted by molar-refractivity contribution is 5.31. The fraction of sp³-hybridized carbons (Fsp3) is 0.389. The van der Waals surface area contributed by atoms with E-state index in [2.05, 4.69) is 36.2 Å². The van der Waals surface area contributed by atoms with Crippen LogP contribution in [0.2, 0.25) is 0 Å². The van der Waals surface area contributed by atoms with Crippen molar-refractivity contribution in [3.8, 4) is 0 Å². The van der Waals surface area contributed by atoms with Crippen molar-refractivity contribution < 1.29 is 0 Å². The molecule has 2 rings (SSSR count). The molecule has 0 aliphatic carbocycles. The summed E-state index contributed by atoms with van der Waals surface area (Å²) in [5.41, 5.74) is 5.48. The molecular weight excluding hydrogens is 246 g/mol. The SMILES string of the molecule is CCCCc1ccc(Cc2c(C)[nH]c(C)cc2=O)cc1. The van der Waals surface area contributed by atoms with E-state index >= 15 is 0 Å². The van der Waals surface area contributed by atoms with Gasteiger partial charge in [-0.05, 0) is 37.8 Å². The highest BCUT2D eigenvalue weighted by Crippen LogP contribution is 2.12. The maximum Gasteiger partial charge on any atom is 0.185 e. The van der Waals surface area contributed by atoms with Crippen molar-refractivity contribution in [3.05, 3.63) is 68.6 Å². The topological polar surface area (TPSA) is 32.9 Å². The Morgan fingerprint density at radius 2 is 1.70 bits per heavy atom. The number of aryl methyl sites for hydroxylation is 3. The molecule has 2 nitrogen and oxygen atoms in total. The Balaban J connectivity index is 2.16. The quantitative estimate of drug-likeness (QED) is 0.876. The summed E-state index contributed by atoms with van der Waals surface area (Å²) < 4.78 is 0. The highest BCUT2D eigenvalue weighted by Gasteiger charge is 2.06. The van der Waals surface area contributed by atoms with Crippen molar-refractivity contribution in [1.29, 1.82) is 0 Å². The zero-order chi connectivity index (χ0) is 14.5. The third kappa shape index (κ3) is 3.60. The van der Waals surface area contributed by atoms with Gasteiger partial charge in [0.15, 0.2) is 5.43 Å². The van der Waals surface area contributed by atoms with E-state index in [0.29, 0.717) is 6.42 Å². The van der Waals surface area contributed by atoms with Crippen LogP contribution in [0.1, 0.15) is 47.8 Å². The van der Waals surface area contributed by atoms with Gasteiger partial charge in [-0.3, -0.25) is 4.79 Å². The van der Waals surface area contributed by atoms with E-state index in [1.54, 1.807) is 6.07 Å². The summed E-state index contributed by atoms with van der Waals surface area (Å²) in [6, 6.07) is 10.3. The van der Waals surface area contributed by atoms with E-state index in [9.17, 15) is 4.79 Å². The molecule has 0 saturated carbocycles. The second-order valence-electron chi connectivity index (χ2n) is 5.52. The average Bonchev–Trinajstić information content (AvgIpc) is 2.42. The monoisotopic (exact) mass is 269 g/mol. The normalized spacial score (nSPS) is 10.8. The molecule has 0 atom stereocenters. The predicted molar refractivity (Wildman–Crippen MR) is 84.4 cm³/mol. The van der Waals surface area contributed by atoms with Crippen molar-refractivity contribution in [1.82, 2.24) is 4.98 Å². The molecule has 20 heavy (non-hydrogen) atoms. The van der Waals surface area contributed by atoms with Gasteiger partial charge in [-0.2, -0.15) is 0 Å². The van der Waals surface area contributed by atoms with Crippen LogP contribution in [0.5, 0.6) is 0 Å². The molecule has 0 bridgehead atoms. The largest absolute Gasteiger partial charge is 0.362 e. The maximum absolute atomic E-state index is 12.1. The van der Waals surface area contributed by atoms with Gasteiger partial charge in [-0.15, -0.1) is 0 Å². The molecule has 0 spiro atoms. The number of hydrogen-bond acceptors (Lipinski definition) is 1. The second-order valence-corrected chi connectivity index (χ2v) is 5.52. The molecule has 1 aromatic carbocycles. The van der Waals surface area contributed by atoms with E-state index in [1.165, 1.54) is 24.0 Å². The van der Waals surface area contributed by atoms with Crippen molar-refractivity contribution in [2.75, 3.05) is 0 Å². The minimum absolute atomic E-state index is 0.133. The van der Waals surface area contributed by atoms with Crippen molar-refractivity contribution in [2.24, 2.45) is 0 Å². The summed E-state index contributed by atoms with van der Waals surface area (Å²) in [5, 5.41) is 0. The molecule has 0 radical (unpaired) electrons. The Morgan fingerprint density at radius 1 is 1.05 bits per heavy atom. The lowest BCUT2D eigenvalue weighted by molar-refractivity contribution is 0.794. The van der Waals surface area contributed by atoms with Gasteiger partial charge in [-0.1, -0.05) is 37.6 Å². The third-order valence-corrected chi connectivity index (χ3v) is 3.71. The maximum atomic E-state index is 12.1. The molecule has 2 heteroatoms. The van der Waals surface area contributed by atoms with Crippen LogP contribution < -0.4 is 5.43 Å². The van der Waals surface area contributed by atoms with Crippen LogP contribution in [-0.2, 0) is 12.8 Å². The van der Waals surface area contributed by atoms with Crippen molar-refractivity contribution in [3.63, 3.8) is 0 Å². The molecule has 2 aromatic rings. The Bertz CT molecular complexity index is 623. The minimum atomic E-state index is 0.133. The standard InChI is InChI=1S/C18H23NO/c1-4-5-6-15-7-9-16(10-8-15)12-17-14(3)19-13(2)11-18(17)20/h7-11H,4-6,12H2,1-3H3,(H,19,20). The number of aromatic amines is 1. The van der Waals surface area contributed by atoms with Gasteiger partial charge in [0.1, 0.15) is 0 Å². The van der Waals surface area contributed by atoms with Gasteiger partial charge in [0, 0.05) is 29.4 Å². The number of pyridine rings is 1. The summed E-state index contributed by atoms with van der Waals surface area (Å²) in [5.74, 6) is 0. The fourth-order valence-corrected chi connectivity index (χ4v) is 2.50. The van der Waals surface area contributed by atoms with Gasteiger partial charge in [0.25, 0.3) is 0 Å². The molecule has 1 heterocycles. The smallest absolute Gasteiger partial charge is 0.185 e. The number of nitrogens with one attached hydrogen (secondary N) is 1. The number of unbranched alkanes of at least 4 members (excludes halogenated alkanes) is 1. The Hall–Kier alpha value is -1.83. The van der Waals surface area contributed by atoms with Gasteiger partial charge < -0.3 is 4.98 Å². The first-order chi connectivity index (χ1) is 9.60. The molecule has 0 aliphatic rings. The Kier molecular flexibility index (Phi) is 4.78. The zero-order valence-electron chi connectivity index (χ0n) is 12.6. The molecule has 0 unspecified atom stereocenters. The van der Waals surface area contributed by atoms with Gasteiger partial charge in [0.2, 0.25) is 0 Å². The fourth-order valence-electron chi connectivity index (χ4n) is 2.50. The van der Waals surface area contributed by atoms with Crippen molar-refractivity contribution in [2.45, 2.75) is 46.5 Å². The first kappa shape index (κ1) is 14.6. The lowest BCUT2D eigenvalue weighted by atomic mass is 10.0. The van der Waals surface area contributed by atoms with E-state index in [4.69, 9.17) is 0 Å². The summed E-state index contributed by atoms with van der Waals surface area (Å²) in [6.07, 6.45) is 4.30. The van der Waals surface area contributed by atoms with Crippen molar-refractivity contribution >= 4 is 0 Å². The van der Waals surface area contributed by atoms with Crippen LogP contribution in [0, 0.1) is 13.8 Å². The van der Waals surface area contributed by atoms with Crippen LogP contribution in [0.15, 0.2) is 35.1 Å². The minimum Gasteiger partial charge on any atom is -0.362 e. The summed E-state index contributed by atoms with van der Waals surface area (Å²) >= 11 is 0. The number of hydrogen-bond donors (Lipinski definition) is 1. The van der Waals surface area contributed by atoms with Gasteiger partial charge in [-0.25, -0.2) is 0 Å². The average molecular weight is 269 g/mol. The lowest BCUT2D eigenvalue weighted by Crippen LogP contribution is -2.13. The number of benzene rings is 1. The van der Waals surface area contributed by atoms with E-state index in [0.717, 1.165) is 23.4 Å². The lowest BCUT2D eigenvalue weighted by Gasteiger charge is -2.07. The molecule has 1 aromatic heterocycles. The first-order valence-corrected chi connectivity index (χ1v) is 7.37. The van der Waals surface area contributed by atoms with Crippen LogP contribution in [-0.4, -0.2) is 4.98 Å². The van der Waals surface area contributed by atoms with Crippen LogP contribution in [0.3, 0.4) is 0 Å². The Labute approximate surface area is 120 Å². The molecular formula is C18H23NO. The predicted octanol–water partition coefficient (Wildman–Crippen LogP) is 3.93. The summed E-state index contributed by atoms with van der Waals surface area (Å²) in [7, 11) is 0. The molecule has 1 N–H and O–H groups in total. The molecule has 0 fully saturated rings. The van der Waals surface area contributed by atoms with E-state index in [1.807, 2.05) is 13.8 Å².